The van der Waals surface area contributed by atoms with Gasteiger partial charge in [-0.3, -0.25) is 0 Å². The van der Waals surface area contributed by atoms with E-state index >= 15 is 0 Å². The molecule has 2 aromatic rings. The van der Waals surface area contributed by atoms with Crippen LogP contribution < -0.4 is 0 Å². The van der Waals surface area contributed by atoms with Crippen LogP contribution in [0.25, 0.3) is 11.4 Å². The monoisotopic (exact) mass is 446 g/mol. The lowest BCUT2D eigenvalue weighted by atomic mass is 10.1. The van der Waals surface area contributed by atoms with E-state index in [1.807, 2.05) is 0 Å². The van der Waals surface area contributed by atoms with E-state index < -0.39 is 6.17 Å². The van der Waals surface area contributed by atoms with Gasteiger partial charge < -0.3 is 4.74 Å². The normalized spacial score (nSPS) is 16.4. The third-order valence-corrected chi connectivity index (χ3v) is 5.79. The van der Waals surface area contributed by atoms with Crippen LogP contribution >= 0.6 is 0 Å². The predicted molar refractivity (Wildman–Crippen MR) is 128 cm³/mol. The van der Waals surface area contributed by atoms with E-state index in [1.54, 1.807) is 37.5 Å². The zero-order chi connectivity index (χ0) is 23.0. The second kappa shape index (κ2) is 15.8. The number of aryl methyl sites for hydroxylation is 1. The van der Waals surface area contributed by atoms with Gasteiger partial charge in [0.15, 0.2) is 5.82 Å². The number of halogens is 2. The molecule has 0 aliphatic carbocycles. The molecule has 5 heteroatoms. The summed E-state index contributed by atoms with van der Waals surface area (Å²) in [6.45, 7) is 4.86. The maximum absolute atomic E-state index is 13.6. The SMILES string of the molecule is CC(F)CCCCCc1cnc(-c2ccccc2F)nc1.CCCCCCC1CCCO1. The first-order chi connectivity index (χ1) is 15.6. The van der Waals surface area contributed by atoms with E-state index in [2.05, 4.69) is 16.9 Å². The molecule has 0 N–H and O–H groups in total. The molecule has 1 saturated heterocycles. The third-order valence-electron chi connectivity index (χ3n) is 5.79. The van der Waals surface area contributed by atoms with Crippen molar-refractivity contribution in [3.8, 4) is 11.4 Å². The Balaban J connectivity index is 0.000000278. The van der Waals surface area contributed by atoms with Gasteiger partial charge in [-0.15, -0.1) is 0 Å². The highest BCUT2D eigenvalue weighted by Crippen LogP contribution is 2.19. The maximum Gasteiger partial charge on any atom is 0.162 e. The molecular formula is C27H40F2N2O. The molecule has 1 aliphatic heterocycles. The quantitative estimate of drug-likeness (QED) is 0.311. The Bertz CT molecular complexity index is 731. The van der Waals surface area contributed by atoms with Crippen LogP contribution in [0.3, 0.4) is 0 Å². The Morgan fingerprint density at radius 3 is 2.44 bits per heavy atom. The molecule has 0 amide bonds. The van der Waals surface area contributed by atoms with Crippen LogP contribution in [0.1, 0.15) is 90.0 Å². The van der Waals surface area contributed by atoms with Crippen LogP contribution in [0.5, 0.6) is 0 Å². The van der Waals surface area contributed by atoms with Crippen LogP contribution in [0.15, 0.2) is 36.7 Å². The van der Waals surface area contributed by atoms with Crippen molar-refractivity contribution in [2.24, 2.45) is 0 Å². The number of hydrogen-bond donors (Lipinski definition) is 0. The fourth-order valence-electron chi connectivity index (χ4n) is 3.87. The summed E-state index contributed by atoms with van der Waals surface area (Å²) in [5.74, 6) is 0.0914. The largest absolute Gasteiger partial charge is 0.378 e. The lowest BCUT2D eigenvalue weighted by Gasteiger charge is -2.07. The average Bonchev–Trinajstić information content (AvgIpc) is 3.31. The first kappa shape index (κ1) is 26.4. The highest BCUT2D eigenvalue weighted by atomic mass is 19.1. The van der Waals surface area contributed by atoms with Crippen LogP contribution in [0, 0.1) is 5.82 Å². The summed E-state index contributed by atoms with van der Waals surface area (Å²) in [6.07, 6.45) is 17.2. The van der Waals surface area contributed by atoms with Crippen molar-refractivity contribution < 1.29 is 13.5 Å². The molecule has 0 radical (unpaired) electrons. The minimum absolute atomic E-state index is 0.314. The van der Waals surface area contributed by atoms with Gasteiger partial charge >= 0.3 is 0 Å². The molecule has 0 saturated carbocycles. The molecule has 1 aromatic heterocycles. The summed E-state index contributed by atoms with van der Waals surface area (Å²) in [4.78, 5) is 8.45. The summed E-state index contributed by atoms with van der Waals surface area (Å²) in [7, 11) is 0. The van der Waals surface area contributed by atoms with Gasteiger partial charge in [-0.05, 0) is 63.1 Å². The molecular weight excluding hydrogens is 406 g/mol. The number of unbranched alkanes of at least 4 members (excludes halogenated alkanes) is 5. The van der Waals surface area contributed by atoms with Crippen molar-refractivity contribution in [3.63, 3.8) is 0 Å². The van der Waals surface area contributed by atoms with E-state index in [4.69, 9.17) is 4.74 Å². The van der Waals surface area contributed by atoms with E-state index in [9.17, 15) is 8.78 Å². The zero-order valence-corrected chi connectivity index (χ0v) is 19.9. The van der Waals surface area contributed by atoms with E-state index in [-0.39, 0.29) is 5.82 Å². The minimum atomic E-state index is -0.714. The van der Waals surface area contributed by atoms with E-state index in [0.29, 0.717) is 23.9 Å². The number of hydrogen-bond acceptors (Lipinski definition) is 3. The van der Waals surface area contributed by atoms with Crippen LogP contribution in [-0.2, 0) is 11.2 Å². The second-order valence-corrected chi connectivity index (χ2v) is 8.76. The second-order valence-electron chi connectivity index (χ2n) is 8.76. The molecule has 3 rings (SSSR count). The maximum atomic E-state index is 13.6. The van der Waals surface area contributed by atoms with Crippen molar-refractivity contribution in [1.29, 1.82) is 0 Å². The summed E-state index contributed by atoms with van der Waals surface area (Å²) in [5.41, 5.74) is 1.45. The van der Waals surface area contributed by atoms with Gasteiger partial charge in [-0.2, -0.15) is 0 Å². The molecule has 32 heavy (non-hydrogen) atoms. The lowest BCUT2D eigenvalue weighted by molar-refractivity contribution is 0.102. The Labute approximate surface area is 193 Å². The van der Waals surface area contributed by atoms with Crippen LogP contribution in [-0.4, -0.2) is 28.9 Å². The fraction of sp³-hybridized carbons (Fsp3) is 0.630. The zero-order valence-electron chi connectivity index (χ0n) is 19.9. The van der Waals surface area contributed by atoms with Crippen LogP contribution in [0.2, 0.25) is 0 Å². The Morgan fingerprint density at radius 1 is 1.03 bits per heavy atom. The molecule has 2 atom stereocenters. The molecule has 0 bridgehead atoms. The first-order valence-electron chi connectivity index (χ1n) is 12.4. The molecule has 1 aliphatic rings. The molecule has 1 aromatic carbocycles. The number of rotatable bonds is 12. The van der Waals surface area contributed by atoms with Crippen molar-refractivity contribution >= 4 is 0 Å². The molecule has 178 valence electrons. The van der Waals surface area contributed by atoms with Crippen molar-refractivity contribution in [3.05, 3.63) is 48.0 Å². The van der Waals surface area contributed by atoms with Gasteiger partial charge in [-0.25, -0.2) is 18.7 Å². The Hall–Kier alpha value is -1.88. The molecule has 3 nitrogen and oxygen atoms in total. The van der Waals surface area contributed by atoms with E-state index in [0.717, 1.165) is 37.9 Å². The summed E-state index contributed by atoms with van der Waals surface area (Å²) < 4.78 is 31.8. The van der Waals surface area contributed by atoms with Gasteiger partial charge in [0, 0.05) is 19.0 Å². The minimum Gasteiger partial charge on any atom is -0.378 e. The fourth-order valence-corrected chi connectivity index (χ4v) is 3.87. The number of alkyl halides is 1. The Kier molecular flexibility index (Phi) is 13.1. The highest BCUT2D eigenvalue weighted by Gasteiger charge is 2.14. The summed E-state index contributed by atoms with van der Waals surface area (Å²) in [5, 5.41) is 0. The number of aromatic nitrogens is 2. The van der Waals surface area contributed by atoms with Gasteiger partial charge in [0.1, 0.15) is 5.82 Å². The topological polar surface area (TPSA) is 35.0 Å². The van der Waals surface area contributed by atoms with Gasteiger partial charge in [-0.1, -0.05) is 57.6 Å². The summed E-state index contributed by atoms with van der Waals surface area (Å²) in [6, 6.07) is 6.48. The lowest BCUT2D eigenvalue weighted by Crippen LogP contribution is -2.03. The molecule has 2 heterocycles. The smallest absolute Gasteiger partial charge is 0.162 e. The van der Waals surface area contributed by atoms with Gasteiger partial charge in [0.05, 0.1) is 17.8 Å². The highest BCUT2D eigenvalue weighted by molar-refractivity contribution is 5.55. The first-order valence-corrected chi connectivity index (χ1v) is 12.4. The summed E-state index contributed by atoms with van der Waals surface area (Å²) >= 11 is 0. The van der Waals surface area contributed by atoms with Gasteiger partial charge in [0.2, 0.25) is 0 Å². The molecule has 2 unspecified atom stereocenters. The van der Waals surface area contributed by atoms with Crippen LogP contribution in [0.4, 0.5) is 8.78 Å². The van der Waals surface area contributed by atoms with E-state index in [1.165, 1.54) is 51.0 Å². The Morgan fingerprint density at radius 2 is 1.78 bits per heavy atom. The third kappa shape index (κ3) is 10.6. The van der Waals surface area contributed by atoms with Crippen molar-refractivity contribution in [2.75, 3.05) is 6.61 Å². The number of nitrogens with zero attached hydrogens (tertiary/aromatic N) is 2. The standard InChI is InChI=1S/C17H20F2N2.C10H20O/c1-13(18)7-3-2-4-8-14-11-20-17(21-12-14)15-9-5-6-10-16(15)19;1-2-3-4-5-7-10-8-6-9-11-10/h5-6,9-13H,2-4,7-8H2,1H3;10H,2-9H2,1H3. The van der Waals surface area contributed by atoms with Gasteiger partial charge in [0.25, 0.3) is 0 Å². The predicted octanol–water partition coefficient (Wildman–Crippen LogP) is 7.88. The average molecular weight is 447 g/mol. The molecule has 0 spiro atoms. The number of benzene rings is 1. The van der Waals surface area contributed by atoms with Crippen molar-refractivity contribution in [2.45, 2.75) is 103 Å². The number of ether oxygens (including phenoxy) is 1. The van der Waals surface area contributed by atoms with Crippen molar-refractivity contribution in [1.82, 2.24) is 9.97 Å². The molecule has 1 fully saturated rings.